The van der Waals surface area contributed by atoms with Gasteiger partial charge < -0.3 is 11.1 Å². The highest BCUT2D eigenvalue weighted by Gasteiger charge is 2.23. The van der Waals surface area contributed by atoms with Crippen molar-refractivity contribution in [3.8, 4) is 0 Å². The number of nitrogens with one attached hydrogen (secondary N) is 1. The van der Waals surface area contributed by atoms with Crippen molar-refractivity contribution in [2.75, 3.05) is 0 Å². The SMILES string of the molecule is CC(Cc1ccc(Br)cc1)NC(=O)C(C)C(N)c1ccccc1. The highest BCUT2D eigenvalue weighted by Crippen LogP contribution is 2.19. The number of carbonyl (C=O) groups excluding carboxylic acids is 1. The average Bonchev–Trinajstić information content (AvgIpc) is 2.56. The van der Waals surface area contributed by atoms with Gasteiger partial charge in [0, 0.05) is 16.6 Å². The molecule has 2 rings (SSSR count). The number of hydrogen-bond acceptors (Lipinski definition) is 2. The molecule has 0 heterocycles. The van der Waals surface area contributed by atoms with Gasteiger partial charge in [0.25, 0.3) is 0 Å². The zero-order chi connectivity index (χ0) is 16.8. The predicted octanol–water partition coefficient (Wildman–Crippen LogP) is 3.83. The first-order valence-electron chi connectivity index (χ1n) is 7.82. The molecule has 3 atom stereocenters. The summed E-state index contributed by atoms with van der Waals surface area (Å²) >= 11 is 3.43. The van der Waals surface area contributed by atoms with E-state index in [9.17, 15) is 4.79 Å². The molecule has 3 nitrogen and oxygen atoms in total. The average molecular weight is 375 g/mol. The maximum atomic E-state index is 12.4. The Kier molecular flexibility index (Phi) is 6.37. The molecule has 0 fully saturated rings. The molecule has 1 amide bonds. The highest BCUT2D eigenvalue weighted by molar-refractivity contribution is 9.10. The topological polar surface area (TPSA) is 55.1 Å². The Morgan fingerprint density at radius 3 is 2.30 bits per heavy atom. The quantitative estimate of drug-likeness (QED) is 0.806. The second-order valence-corrected chi connectivity index (χ2v) is 6.88. The molecule has 23 heavy (non-hydrogen) atoms. The Morgan fingerprint density at radius 2 is 1.70 bits per heavy atom. The van der Waals surface area contributed by atoms with E-state index in [2.05, 4.69) is 33.4 Å². The van der Waals surface area contributed by atoms with Crippen LogP contribution in [0.5, 0.6) is 0 Å². The Bertz CT molecular complexity index is 628. The summed E-state index contributed by atoms with van der Waals surface area (Å²) in [7, 11) is 0. The summed E-state index contributed by atoms with van der Waals surface area (Å²) in [6.07, 6.45) is 0.798. The van der Waals surface area contributed by atoms with Crippen molar-refractivity contribution in [1.82, 2.24) is 5.32 Å². The van der Waals surface area contributed by atoms with E-state index in [1.807, 2.05) is 56.3 Å². The van der Waals surface area contributed by atoms with E-state index in [0.717, 1.165) is 16.5 Å². The van der Waals surface area contributed by atoms with Crippen molar-refractivity contribution in [3.05, 3.63) is 70.2 Å². The Hall–Kier alpha value is -1.65. The fourth-order valence-electron chi connectivity index (χ4n) is 2.53. The van der Waals surface area contributed by atoms with E-state index >= 15 is 0 Å². The van der Waals surface area contributed by atoms with E-state index in [0.29, 0.717) is 0 Å². The van der Waals surface area contributed by atoms with E-state index in [4.69, 9.17) is 5.73 Å². The van der Waals surface area contributed by atoms with Gasteiger partial charge in [-0.15, -0.1) is 0 Å². The number of rotatable bonds is 6. The van der Waals surface area contributed by atoms with Gasteiger partial charge in [0.1, 0.15) is 0 Å². The summed E-state index contributed by atoms with van der Waals surface area (Å²) < 4.78 is 1.06. The van der Waals surface area contributed by atoms with Crippen LogP contribution in [0.2, 0.25) is 0 Å². The van der Waals surface area contributed by atoms with Crippen LogP contribution in [0, 0.1) is 5.92 Å². The molecule has 0 aromatic heterocycles. The van der Waals surface area contributed by atoms with Crippen LogP contribution in [0.4, 0.5) is 0 Å². The van der Waals surface area contributed by atoms with Gasteiger partial charge in [0.2, 0.25) is 5.91 Å². The van der Waals surface area contributed by atoms with Crippen LogP contribution in [-0.2, 0) is 11.2 Å². The minimum absolute atomic E-state index is 0.00837. The summed E-state index contributed by atoms with van der Waals surface area (Å²) in [5, 5.41) is 3.06. The smallest absolute Gasteiger partial charge is 0.224 e. The number of amides is 1. The number of hydrogen-bond donors (Lipinski definition) is 2. The van der Waals surface area contributed by atoms with Crippen molar-refractivity contribution < 1.29 is 4.79 Å². The zero-order valence-corrected chi connectivity index (χ0v) is 15.1. The summed E-state index contributed by atoms with van der Waals surface area (Å²) in [5.74, 6) is -0.282. The van der Waals surface area contributed by atoms with Gasteiger partial charge in [0.15, 0.2) is 0 Å². The Morgan fingerprint density at radius 1 is 1.09 bits per heavy atom. The van der Waals surface area contributed by atoms with Gasteiger partial charge in [-0.05, 0) is 36.6 Å². The van der Waals surface area contributed by atoms with Crippen molar-refractivity contribution in [1.29, 1.82) is 0 Å². The van der Waals surface area contributed by atoms with Gasteiger partial charge in [-0.25, -0.2) is 0 Å². The van der Waals surface area contributed by atoms with E-state index < -0.39 is 0 Å². The molecule has 0 saturated carbocycles. The van der Waals surface area contributed by atoms with Gasteiger partial charge in [0.05, 0.1) is 5.92 Å². The minimum Gasteiger partial charge on any atom is -0.353 e. The van der Waals surface area contributed by atoms with Crippen LogP contribution in [0.15, 0.2) is 59.1 Å². The second-order valence-electron chi connectivity index (χ2n) is 5.97. The molecule has 3 unspecified atom stereocenters. The van der Waals surface area contributed by atoms with Crippen LogP contribution >= 0.6 is 15.9 Å². The van der Waals surface area contributed by atoms with Gasteiger partial charge >= 0.3 is 0 Å². The molecule has 2 aromatic carbocycles. The van der Waals surface area contributed by atoms with E-state index in [-0.39, 0.29) is 23.9 Å². The van der Waals surface area contributed by atoms with Crippen molar-refractivity contribution in [3.63, 3.8) is 0 Å². The Labute approximate surface area is 146 Å². The molecule has 0 spiro atoms. The fourth-order valence-corrected chi connectivity index (χ4v) is 2.79. The lowest BCUT2D eigenvalue weighted by molar-refractivity contribution is -0.125. The lowest BCUT2D eigenvalue weighted by Gasteiger charge is -2.22. The standard InChI is InChI=1S/C19H23BrN2O/c1-13(12-15-8-10-17(20)11-9-15)22-19(23)14(2)18(21)16-6-4-3-5-7-16/h3-11,13-14,18H,12,21H2,1-2H3,(H,22,23). The number of nitrogens with two attached hydrogens (primary N) is 1. The molecule has 2 aromatic rings. The van der Waals surface area contributed by atoms with Crippen molar-refractivity contribution in [2.24, 2.45) is 11.7 Å². The van der Waals surface area contributed by atoms with Crippen LogP contribution in [0.1, 0.15) is 31.0 Å². The molecule has 4 heteroatoms. The summed E-state index contributed by atoms with van der Waals surface area (Å²) in [4.78, 5) is 12.4. The summed E-state index contributed by atoms with van der Waals surface area (Å²) in [5.41, 5.74) is 8.40. The van der Waals surface area contributed by atoms with E-state index in [1.165, 1.54) is 5.56 Å². The number of carbonyl (C=O) groups is 1. The molecular formula is C19H23BrN2O. The lowest BCUT2D eigenvalue weighted by atomic mass is 9.94. The molecule has 122 valence electrons. The molecule has 0 bridgehead atoms. The van der Waals surface area contributed by atoms with Crippen LogP contribution in [0.3, 0.4) is 0 Å². The number of halogens is 1. The largest absolute Gasteiger partial charge is 0.353 e. The maximum absolute atomic E-state index is 12.4. The highest BCUT2D eigenvalue weighted by atomic mass is 79.9. The third kappa shape index (κ3) is 5.19. The molecular weight excluding hydrogens is 352 g/mol. The van der Waals surface area contributed by atoms with Crippen molar-refractivity contribution >= 4 is 21.8 Å². The molecule has 3 N–H and O–H groups in total. The van der Waals surface area contributed by atoms with Crippen LogP contribution in [-0.4, -0.2) is 11.9 Å². The number of benzene rings is 2. The molecule has 0 aliphatic rings. The summed E-state index contributed by atoms with van der Waals surface area (Å²) in [6, 6.07) is 17.7. The monoisotopic (exact) mass is 374 g/mol. The maximum Gasteiger partial charge on any atom is 0.224 e. The third-order valence-electron chi connectivity index (χ3n) is 3.98. The third-order valence-corrected chi connectivity index (χ3v) is 4.51. The first kappa shape index (κ1) is 17.7. The Balaban J connectivity index is 1.91. The molecule has 0 aliphatic heterocycles. The summed E-state index contributed by atoms with van der Waals surface area (Å²) in [6.45, 7) is 3.89. The van der Waals surface area contributed by atoms with Gasteiger partial charge in [-0.1, -0.05) is 65.3 Å². The molecule has 0 radical (unpaired) electrons. The first-order valence-corrected chi connectivity index (χ1v) is 8.62. The molecule has 0 aliphatic carbocycles. The van der Waals surface area contributed by atoms with E-state index in [1.54, 1.807) is 0 Å². The van der Waals surface area contributed by atoms with Crippen molar-refractivity contribution in [2.45, 2.75) is 32.4 Å². The first-order chi connectivity index (χ1) is 11.0. The van der Waals surface area contributed by atoms with Crippen LogP contribution < -0.4 is 11.1 Å². The molecule has 0 saturated heterocycles. The van der Waals surface area contributed by atoms with Gasteiger partial charge in [-0.2, -0.15) is 0 Å². The second kappa shape index (κ2) is 8.27. The van der Waals surface area contributed by atoms with Gasteiger partial charge in [-0.3, -0.25) is 4.79 Å². The minimum atomic E-state index is -0.295. The normalized spacial score (nSPS) is 14.8. The fraction of sp³-hybridized carbons (Fsp3) is 0.316. The lowest BCUT2D eigenvalue weighted by Crippen LogP contribution is -2.41. The van der Waals surface area contributed by atoms with Crippen LogP contribution in [0.25, 0.3) is 0 Å². The zero-order valence-electron chi connectivity index (χ0n) is 13.5. The predicted molar refractivity (Wildman–Crippen MR) is 98.0 cm³/mol.